The molecule has 0 bridgehead atoms. The molecule has 0 aliphatic heterocycles. The maximum atomic E-state index is 6.44. The molecule has 4 rings (SSSR count). The maximum Gasteiger partial charge on any atom is 0.138 e. The van der Waals surface area contributed by atoms with Crippen molar-refractivity contribution in [1.82, 2.24) is 0 Å². The summed E-state index contributed by atoms with van der Waals surface area (Å²) in [7, 11) is 30.8. The third-order valence-corrected chi connectivity index (χ3v) is 5.58. The molecule has 3 aromatic rings. The van der Waals surface area contributed by atoms with Gasteiger partial charge in [-0.25, -0.2) is 0 Å². The van der Waals surface area contributed by atoms with Gasteiger partial charge in [-0.05, 0) is 23.8 Å². The highest BCUT2D eigenvalue weighted by molar-refractivity contribution is 6.67. The number of rotatable bonds is 1. The lowest BCUT2D eigenvalue weighted by atomic mass is 9.59. The van der Waals surface area contributed by atoms with Crippen LogP contribution in [0.5, 0.6) is 0 Å². The Morgan fingerprint density at radius 3 is 2.07 bits per heavy atom. The number of benzene rings is 2. The first-order chi connectivity index (χ1) is 13.1. The molecule has 0 saturated heterocycles. The summed E-state index contributed by atoms with van der Waals surface area (Å²) in [5.74, 6) is 0.778. The SMILES string of the molecule is [B]c1c([B])c([B])c(C2=CCCc3c2oc2c(C(C)(C)C)cccc32)c([B])c1[B]. The number of hydrogen-bond acceptors (Lipinski definition) is 1. The Morgan fingerprint density at radius 2 is 1.46 bits per heavy atom. The van der Waals surface area contributed by atoms with Crippen LogP contribution in [-0.4, -0.2) is 39.2 Å². The van der Waals surface area contributed by atoms with Gasteiger partial charge < -0.3 is 4.42 Å². The van der Waals surface area contributed by atoms with E-state index in [2.05, 4.69) is 45.0 Å². The van der Waals surface area contributed by atoms with E-state index in [9.17, 15) is 0 Å². The van der Waals surface area contributed by atoms with Crippen molar-refractivity contribution in [2.45, 2.75) is 39.0 Å². The summed E-state index contributed by atoms with van der Waals surface area (Å²) in [5.41, 5.74) is 5.99. The zero-order valence-electron chi connectivity index (χ0n) is 16.5. The van der Waals surface area contributed by atoms with E-state index in [4.69, 9.17) is 43.6 Å². The molecule has 1 heterocycles. The Hall–Kier alpha value is -1.96. The molecule has 0 atom stereocenters. The number of fused-ring (bicyclic) bond motifs is 3. The molecule has 0 amide bonds. The molecule has 0 spiro atoms. The molecule has 1 aliphatic carbocycles. The molecule has 0 unspecified atom stereocenters. The number of para-hydroxylation sites is 1. The van der Waals surface area contributed by atoms with Crippen molar-refractivity contribution in [1.29, 1.82) is 0 Å². The van der Waals surface area contributed by atoms with E-state index in [1.54, 1.807) is 0 Å². The Labute approximate surface area is 173 Å². The molecular weight excluding hydrogens is 334 g/mol. The minimum atomic E-state index is -0.0437. The van der Waals surface area contributed by atoms with Gasteiger partial charge in [0.25, 0.3) is 0 Å². The van der Waals surface area contributed by atoms with Crippen LogP contribution >= 0.6 is 0 Å². The summed E-state index contributed by atoms with van der Waals surface area (Å²) in [6, 6.07) is 6.30. The van der Waals surface area contributed by atoms with Crippen LogP contribution < -0.4 is 27.3 Å². The molecule has 0 fully saturated rings. The largest absolute Gasteiger partial charge is 0.455 e. The monoisotopic (exact) mass is 352 g/mol. The highest BCUT2D eigenvalue weighted by atomic mass is 16.3. The van der Waals surface area contributed by atoms with Gasteiger partial charge in [0, 0.05) is 22.1 Å². The number of hydrogen-bond donors (Lipinski definition) is 0. The highest BCUT2D eigenvalue weighted by Crippen LogP contribution is 2.40. The van der Waals surface area contributed by atoms with Crippen molar-refractivity contribution < 1.29 is 4.42 Å². The van der Waals surface area contributed by atoms with Crippen molar-refractivity contribution in [3.05, 3.63) is 46.7 Å². The Bertz CT molecular complexity index is 1120. The van der Waals surface area contributed by atoms with Gasteiger partial charge in [0.15, 0.2) is 0 Å². The van der Waals surface area contributed by atoms with Gasteiger partial charge >= 0.3 is 0 Å². The molecule has 1 aromatic heterocycles. The van der Waals surface area contributed by atoms with Crippen molar-refractivity contribution >= 4 is 83.1 Å². The van der Waals surface area contributed by atoms with Crippen LogP contribution in [0.15, 0.2) is 28.7 Å². The predicted molar refractivity (Wildman–Crippen MR) is 124 cm³/mol. The topological polar surface area (TPSA) is 13.1 Å². The quantitative estimate of drug-likeness (QED) is 0.566. The lowest BCUT2D eigenvalue weighted by molar-refractivity contribution is 0.549. The fourth-order valence-corrected chi connectivity index (χ4v) is 4.04. The number of allylic oxidation sites excluding steroid dienone is 1. The van der Waals surface area contributed by atoms with E-state index in [0.29, 0.717) is 16.5 Å². The van der Waals surface area contributed by atoms with Gasteiger partial charge in [-0.15, -0.1) is 16.4 Å². The third-order valence-electron chi connectivity index (χ3n) is 5.58. The number of furan rings is 1. The Morgan fingerprint density at radius 1 is 0.857 bits per heavy atom. The maximum absolute atomic E-state index is 6.44. The molecule has 2 aromatic carbocycles. The van der Waals surface area contributed by atoms with Gasteiger partial charge in [0.05, 0.1) is 0 Å². The predicted octanol–water partition coefficient (Wildman–Crippen LogP) is 0.0772. The van der Waals surface area contributed by atoms with E-state index in [0.717, 1.165) is 46.3 Å². The van der Waals surface area contributed by atoms with E-state index in [1.807, 2.05) is 0 Å². The van der Waals surface area contributed by atoms with E-state index < -0.39 is 0 Å². The second-order valence-corrected chi connectivity index (χ2v) is 8.44. The number of aryl methyl sites for hydroxylation is 1. The van der Waals surface area contributed by atoms with Gasteiger partial charge in [0.1, 0.15) is 50.6 Å². The standard InChI is InChI=1S/C22H17B5O/c1-22(2,3)13-9-5-7-11-10-6-4-8-12(20(10)28-21(11)13)14-15(23)17(25)19(27)18(26)16(14)24/h5,7-9H,4,6H2,1-3H3. The fraction of sp³-hybridized carbons (Fsp3) is 0.273. The molecule has 28 heavy (non-hydrogen) atoms. The summed E-state index contributed by atoms with van der Waals surface area (Å²) in [6.07, 6.45) is 3.82. The van der Waals surface area contributed by atoms with Crippen molar-refractivity contribution in [3.63, 3.8) is 0 Å². The van der Waals surface area contributed by atoms with Gasteiger partial charge in [-0.2, -0.15) is 0 Å². The van der Waals surface area contributed by atoms with Crippen molar-refractivity contribution in [3.8, 4) is 0 Å². The van der Waals surface area contributed by atoms with Crippen LogP contribution in [0.4, 0.5) is 0 Å². The van der Waals surface area contributed by atoms with Crippen LogP contribution in [0.2, 0.25) is 0 Å². The lowest BCUT2D eigenvalue weighted by Gasteiger charge is -2.24. The molecule has 1 aliphatic rings. The summed E-state index contributed by atoms with van der Waals surface area (Å²) in [4.78, 5) is 0. The fourth-order valence-electron chi connectivity index (χ4n) is 4.04. The molecular formula is C22H17B5O. The van der Waals surface area contributed by atoms with E-state index >= 15 is 0 Å². The first-order valence-electron chi connectivity index (χ1n) is 9.40. The molecule has 126 valence electrons. The molecule has 0 saturated carbocycles. The second-order valence-electron chi connectivity index (χ2n) is 8.44. The molecule has 1 nitrogen and oxygen atoms in total. The van der Waals surface area contributed by atoms with Gasteiger partial charge in [0.2, 0.25) is 0 Å². The van der Waals surface area contributed by atoms with E-state index in [-0.39, 0.29) is 21.8 Å². The van der Waals surface area contributed by atoms with Crippen LogP contribution in [0, 0.1) is 0 Å². The van der Waals surface area contributed by atoms with Gasteiger partial charge in [-0.3, -0.25) is 0 Å². The Kier molecular flexibility index (Phi) is 4.52. The first kappa shape index (κ1) is 19.4. The summed E-state index contributed by atoms with van der Waals surface area (Å²) >= 11 is 0. The average Bonchev–Trinajstić information content (AvgIpc) is 3.03. The third kappa shape index (κ3) is 2.76. The average molecular weight is 351 g/mol. The Balaban J connectivity index is 2.02. The summed E-state index contributed by atoms with van der Waals surface area (Å²) in [5, 5.41) is 1.13. The normalized spacial score (nSPS) is 14.2. The zero-order valence-corrected chi connectivity index (χ0v) is 16.5. The van der Waals surface area contributed by atoms with Crippen molar-refractivity contribution in [2.24, 2.45) is 0 Å². The van der Waals surface area contributed by atoms with Crippen molar-refractivity contribution in [2.75, 3.05) is 0 Å². The van der Waals surface area contributed by atoms with Crippen LogP contribution in [0.3, 0.4) is 0 Å². The minimum absolute atomic E-state index is 0.0437. The van der Waals surface area contributed by atoms with Crippen LogP contribution in [0.25, 0.3) is 16.5 Å². The van der Waals surface area contributed by atoms with Crippen LogP contribution in [-0.2, 0) is 11.8 Å². The van der Waals surface area contributed by atoms with Crippen LogP contribution in [0.1, 0.15) is 49.6 Å². The zero-order chi connectivity index (χ0) is 20.4. The van der Waals surface area contributed by atoms with E-state index in [1.165, 1.54) is 0 Å². The summed E-state index contributed by atoms with van der Waals surface area (Å²) < 4.78 is 6.44. The second kappa shape index (κ2) is 6.54. The minimum Gasteiger partial charge on any atom is -0.455 e. The summed E-state index contributed by atoms with van der Waals surface area (Å²) in [6.45, 7) is 6.53. The molecule has 6 heteroatoms. The molecule has 10 radical (unpaired) electrons. The lowest BCUT2D eigenvalue weighted by Crippen LogP contribution is -2.56. The molecule has 0 N–H and O–H groups in total. The first-order valence-corrected chi connectivity index (χ1v) is 9.40. The highest BCUT2D eigenvalue weighted by Gasteiger charge is 2.27. The van der Waals surface area contributed by atoms with Gasteiger partial charge in [-0.1, -0.05) is 56.0 Å². The smallest absolute Gasteiger partial charge is 0.138 e.